The Morgan fingerprint density at radius 3 is 2.00 bits per heavy atom. The molecule has 1 atom stereocenters. The Bertz CT molecular complexity index is 140. The second kappa shape index (κ2) is 8.15. The van der Waals surface area contributed by atoms with Crippen LogP contribution in [0.4, 0.5) is 0 Å². The Hall–Kier alpha value is -0.0400. The van der Waals surface area contributed by atoms with Gasteiger partial charge in [0.1, 0.15) is 0 Å². The Kier molecular flexibility index (Phi) is 8.13. The molecule has 0 saturated heterocycles. The first-order valence-electron chi connectivity index (χ1n) is 6.72. The van der Waals surface area contributed by atoms with Crippen LogP contribution >= 0.6 is 0 Å². The Morgan fingerprint density at radius 1 is 0.933 bits per heavy atom. The van der Waals surface area contributed by atoms with E-state index >= 15 is 0 Å². The van der Waals surface area contributed by atoms with Crippen molar-refractivity contribution in [1.82, 2.24) is 0 Å². The van der Waals surface area contributed by atoms with Crippen LogP contribution in [0, 0.1) is 5.41 Å². The van der Waals surface area contributed by atoms with E-state index in [4.69, 9.17) is 0 Å². The van der Waals surface area contributed by atoms with Gasteiger partial charge in [0.15, 0.2) is 0 Å². The Labute approximate surface area is 96.3 Å². The van der Waals surface area contributed by atoms with Crippen molar-refractivity contribution in [3.8, 4) is 0 Å². The normalized spacial score (nSPS) is 14.2. The third-order valence-electron chi connectivity index (χ3n) is 3.46. The van der Waals surface area contributed by atoms with E-state index in [2.05, 4.69) is 27.7 Å². The quantitative estimate of drug-likeness (QED) is 0.559. The minimum absolute atomic E-state index is 0.111. The van der Waals surface area contributed by atoms with Crippen LogP contribution in [-0.2, 0) is 0 Å². The van der Waals surface area contributed by atoms with E-state index in [0.717, 1.165) is 12.8 Å². The van der Waals surface area contributed by atoms with Crippen molar-refractivity contribution in [3.63, 3.8) is 0 Å². The smallest absolute Gasteiger partial charge is 0.0588 e. The number of aliphatic hydroxyl groups is 1. The summed E-state index contributed by atoms with van der Waals surface area (Å²) < 4.78 is 0. The van der Waals surface area contributed by atoms with Crippen molar-refractivity contribution < 1.29 is 5.11 Å². The summed E-state index contributed by atoms with van der Waals surface area (Å²) >= 11 is 0. The summed E-state index contributed by atoms with van der Waals surface area (Å²) in [4.78, 5) is 0. The molecule has 0 aromatic heterocycles. The zero-order valence-electron chi connectivity index (χ0n) is 11.2. The maximum Gasteiger partial charge on any atom is 0.0588 e. The lowest BCUT2D eigenvalue weighted by Crippen LogP contribution is -2.28. The summed E-state index contributed by atoms with van der Waals surface area (Å²) in [6, 6.07) is 0. The van der Waals surface area contributed by atoms with Gasteiger partial charge in [0.05, 0.1) is 6.10 Å². The molecule has 0 heterocycles. The molecule has 0 aromatic carbocycles. The molecular formula is C14H30O. The van der Waals surface area contributed by atoms with Gasteiger partial charge in [-0.2, -0.15) is 0 Å². The average molecular weight is 214 g/mol. The van der Waals surface area contributed by atoms with Crippen molar-refractivity contribution in [2.75, 3.05) is 0 Å². The lowest BCUT2D eigenvalue weighted by molar-refractivity contribution is 0.0393. The summed E-state index contributed by atoms with van der Waals surface area (Å²) in [6.07, 6.45) is 9.96. The molecule has 1 nitrogen and oxygen atoms in total. The van der Waals surface area contributed by atoms with E-state index in [1.165, 1.54) is 38.5 Å². The monoisotopic (exact) mass is 214 g/mol. The summed E-state index contributed by atoms with van der Waals surface area (Å²) in [5, 5.41) is 9.83. The third kappa shape index (κ3) is 6.94. The predicted octanol–water partition coefficient (Wildman–Crippen LogP) is 4.53. The Balaban J connectivity index is 3.48. The molecule has 15 heavy (non-hydrogen) atoms. The van der Waals surface area contributed by atoms with Gasteiger partial charge < -0.3 is 5.11 Å². The standard InChI is InChI=1S/C14H30O/c1-5-7-8-9-10-11-12-14(3,4)13(15)6-2/h13,15H,5-12H2,1-4H3. The number of hydrogen-bond acceptors (Lipinski definition) is 1. The van der Waals surface area contributed by atoms with Gasteiger partial charge in [-0.15, -0.1) is 0 Å². The molecule has 92 valence electrons. The first kappa shape index (κ1) is 15.0. The van der Waals surface area contributed by atoms with Crippen molar-refractivity contribution in [3.05, 3.63) is 0 Å². The summed E-state index contributed by atoms with van der Waals surface area (Å²) in [5.41, 5.74) is 0.111. The van der Waals surface area contributed by atoms with Gasteiger partial charge in [-0.25, -0.2) is 0 Å². The molecule has 0 rings (SSSR count). The van der Waals surface area contributed by atoms with Crippen molar-refractivity contribution >= 4 is 0 Å². The minimum atomic E-state index is -0.131. The second-order valence-electron chi connectivity index (χ2n) is 5.43. The molecule has 0 bridgehead atoms. The topological polar surface area (TPSA) is 20.2 Å². The molecule has 0 radical (unpaired) electrons. The number of rotatable bonds is 9. The zero-order valence-corrected chi connectivity index (χ0v) is 11.2. The highest BCUT2D eigenvalue weighted by atomic mass is 16.3. The second-order valence-corrected chi connectivity index (χ2v) is 5.43. The van der Waals surface area contributed by atoms with Crippen LogP contribution in [0.15, 0.2) is 0 Å². The summed E-state index contributed by atoms with van der Waals surface area (Å²) in [5.74, 6) is 0. The number of aliphatic hydroxyl groups excluding tert-OH is 1. The fraction of sp³-hybridized carbons (Fsp3) is 1.00. The highest BCUT2D eigenvalue weighted by Crippen LogP contribution is 2.29. The first-order valence-corrected chi connectivity index (χ1v) is 6.72. The maximum absolute atomic E-state index is 9.83. The fourth-order valence-electron chi connectivity index (χ4n) is 2.08. The number of unbranched alkanes of at least 4 members (excludes halogenated alkanes) is 5. The van der Waals surface area contributed by atoms with Crippen LogP contribution in [0.25, 0.3) is 0 Å². The van der Waals surface area contributed by atoms with Gasteiger partial charge in [-0.1, -0.05) is 66.2 Å². The molecule has 1 N–H and O–H groups in total. The van der Waals surface area contributed by atoms with Gasteiger partial charge in [-0.05, 0) is 18.3 Å². The lowest BCUT2D eigenvalue weighted by atomic mass is 9.80. The van der Waals surface area contributed by atoms with E-state index in [1.807, 2.05) is 0 Å². The average Bonchev–Trinajstić information content (AvgIpc) is 2.22. The lowest BCUT2D eigenvalue weighted by Gasteiger charge is -2.29. The molecular weight excluding hydrogens is 184 g/mol. The first-order chi connectivity index (χ1) is 7.04. The predicted molar refractivity (Wildman–Crippen MR) is 68.1 cm³/mol. The van der Waals surface area contributed by atoms with Gasteiger partial charge in [-0.3, -0.25) is 0 Å². The van der Waals surface area contributed by atoms with E-state index in [0.29, 0.717) is 0 Å². The molecule has 0 aromatic rings. The zero-order chi connectivity index (χ0) is 11.7. The highest BCUT2D eigenvalue weighted by Gasteiger charge is 2.25. The molecule has 0 amide bonds. The molecule has 0 spiro atoms. The van der Waals surface area contributed by atoms with Crippen LogP contribution in [-0.4, -0.2) is 11.2 Å². The van der Waals surface area contributed by atoms with Crippen molar-refractivity contribution in [1.29, 1.82) is 0 Å². The van der Waals surface area contributed by atoms with Gasteiger partial charge >= 0.3 is 0 Å². The van der Waals surface area contributed by atoms with Crippen LogP contribution in [0.3, 0.4) is 0 Å². The van der Waals surface area contributed by atoms with E-state index in [1.54, 1.807) is 0 Å². The number of hydrogen-bond donors (Lipinski definition) is 1. The van der Waals surface area contributed by atoms with E-state index in [9.17, 15) is 5.11 Å². The maximum atomic E-state index is 9.83. The van der Waals surface area contributed by atoms with Crippen LogP contribution in [0.2, 0.25) is 0 Å². The van der Waals surface area contributed by atoms with E-state index < -0.39 is 0 Å². The van der Waals surface area contributed by atoms with Crippen LogP contribution in [0.1, 0.15) is 79.1 Å². The molecule has 0 aliphatic carbocycles. The van der Waals surface area contributed by atoms with Crippen LogP contribution < -0.4 is 0 Å². The van der Waals surface area contributed by atoms with Crippen LogP contribution in [0.5, 0.6) is 0 Å². The molecule has 1 unspecified atom stereocenters. The SMILES string of the molecule is CCCCCCCCC(C)(C)C(O)CC. The van der Waals surface area contributed by atoms with Crippen molar-refractivity contribution in [2.24, 2.45) is 5.41 Å². The largest absolute Gasteiger partial charge is 0.393 e. The summed E-state index contributed by atoms with van der Waals surface area (Å²) in [7, 11) is 0. The molecule has 1 heteroatoms. The third-order valence-corrected chi connectivity index (χ3v) is 3.46. The fourth-order valence-corrected chi connectivity index (χ4v) is 2.08. The molecule has 0 fully saturated rings. The van der Waals surface area contributed by atoms with E-state index in [-0.39, 0.29) is 11.5 Å². The molecule has 0 aliphatic rings. The van der Waals surface area contributed by atoms with Gasteiger partial charge in [0, 0.05) is 0 Å². The van der Waals surface area contributed by atoms with Gasteiger partial charge in [0.2, 0.25) is 0 Å². The van der Waals surface area contributed by atoms with Crippen molar-refractivity contribution in [2.45, 2.75) is 85.2 Å². The molecule has 0 aliphatic heterocycles. The molecule has 0 saturated carbocycles. The highest BCUT2D eigenvalue weighted by molar-refractivity contribution is 4.76. The minimum Gasteiger partial charge on any atom is -0.393 e. The summed E-state index contributed by atoms with van der Waals surface area (Å²) in [6.45, 7) is 8.69. The Morgan fingerprint density at radius 2 is 1.47 bits per heavy atom. The van der Waals surface area contributed by atoms with Gasteiger partial charge in [0.25, 0.3) is 0 Å².